The van der Waals surface area contributed by atoms with Gasteiger partial charge in [0.05, 0.1) is 5.75 Å². The number of alkyl halides is 3. The minimum Gasteiger partial charge on any atom is -0.475 e. The van der Waals surface area contributed by atoms with E-state index in [-0.39, 0.29) is 23.7 Å². The van der Waals surface area contributed by atoms with Gasteiger partial charge in [0.15, 0.2) is 0 Å². The van der Waals surface area contributed by atoms with Crippen molar-refractivity contribution < 1.29 is 36.3 Å². The van der Waals surface area contributed by atoms with Gasteiger partial charge in [0.25, 0.3) is 0 Å². The number of likely N-dealkylation sites (tertiary alicyclic amines) is 1. The van der Waals surface area contributed by atoms with Crippen LogP contribution in [0.2, 0.25) is 0 Å². The number of halogens is 3. The number of nitrogens with zero attached hydrogens (tertiary/aromatic N) is 3. The van der Waals surface area contributed by atoms with E-state index >= 15 is 0 Å². The monoisotopic (exact) mass is 437 g/mol. The van der Waals surface area contributed by atoms with E-state index in [2.05, 4.69) is 4.98 Å². The maximum absolute atomic E-state index is 12.3. The zero-order valence-corrected chi connectivity index (χ0v) is 16.5. The fourth-order valence-corrected chi connectivity index (χ4v) is 4.89. The first-order valence-corrected chi connectivity index (χ1v) is 10.6. The number of aromatic nitrogens is 1. The second kappa shape index (κ2) is 9.08. The fraction of sp³-hybridized carbons (Fsp3) is 0.588. The normalized spacial score (nSPS) is 22.6. The van der Waals surface area contributed by atoms with E-state index in [1.165, 1.54) is 0 Å². The summed E-state index contributed by atoms with van der Waals surface area (Å²) in [4.78, 5) is 27.1. The third-order valence-corrected chi connectivity index (χ3v) is 6.77. The molecule has 1 aromatic rings. The van der Waals surface area contributed by atoms with Crippen LogP contribution in [0.15, 0.2) is 24.5 Å². The number of carboxylic acids is 1. The number of carbonyl (C=O) groups excluding carboxylic acids is 1. The smallest absolute Gasteiger partial charge is 0.475 e. The molecular formula is C17H22F3N3O5S. The molecule has 0 unspecified atom stereocenters. The van der Waals surface area contributed by atoms with Crippen molar-refractivity contribution in [2.75, 3.05) is 12.3 Å². The van der Waals surface area contributed by atoms with Gasteiger partial charge >= 0.3 is 12.1 Å². The van der Waals surface area contributed by atoms with Crippen molar-refractivity contribution in [2.24, 2.45) is 0 Å². The Bertz CT molecular complexity index is 832. The zero-order valence-electron chi connectivity index (χ0n) is 15.7. The lowest BCUT2D eigenvalue weighted by Gasteiger charge is -2.39. The van der Waals surface area contributed by atoms with Crippen molar-refractivity contribution in [1.82, 2.24) is 14.2 Å². The number of carboxylic acid groups (broad SMARTS) is 1. The summed E-state index contributed by atoms with van der Waals surface area (Å²) in [5.74, 6) is -2.53. The molecule has 2 atom stereocenters. The SMILES string of the molecule is CCS(=O)(=O)N1CC[C@H]2[C@@H]1CCC(=O)N2Cc1cccnc1.O=C(O)C(F)(F)F. The molecule has 2 saturated heterocycles. The van der Waals surface area contributed by atoms with E-state index in [9.17, 15) is 26.4 Å². The van der Waals surface area contributed by atoms with Crippen LogP contribution < -0.4 is 0 Å². The summed E-state index contributed by atoms with van der Waals surface area (Å²) in [7, 11) is -3.20. The molecule has 3 rings (SSSR count). The van der Waals surface area contributed by atoms with Gasteiger partial charge in [0.1, 0.15) is 0 Å². The lowest BCUT2D eigenvalue weighted by Crippen LogP contribution is -2.52. The predicted octanol–water partition coefficient (Wildman–Crippen LogP) is 1.63. The quantitative estimate of drug-likeness (QED) is 0.767. The Morgan fingerprint density at radius 3 is 2.48 bits per heavy atom. The van der Waals surface area contributed by atoms with Gasteiger partial charge in [-0.05, 0) is 31.4 Å². The van der Waals surface area contributed by atoms with E-state index in [0.717, 1.165) is 12.0 Å². The van der Waals surface area contributed by atoms with E-state index in [1.807, 2.05) is 17.0 Å². The number of hydrogen-bond acceptors (Lipinski definition) is 5. The van der Waals surface area contributed by atoms with Crippen LogP contribution in [0.25, 0.3) is 0 Å². The topological polar surface area (TPSA) is 108 Å². The maximum Gasteiger partial charge on any atom is 0.490 e. The second-order valence-corrected chi connectivity index (χ2v) is 8.87. The van der Waals surface area contributed by atoms with Gasteiger partial charge in [0.2, 0.25) is 15.9 Å². The van der Waals surface area contributed by atoms with Crippen molar-refractivity contribution in [3.05, 3.63) is 30.1 Å². The maximum atomic E-state index is 12.3. The van der Waals surface area contributed by atoms with Gasteiger partial charge in [-0.3, -0.25) is 9.78 Å². The fourth-order valence-electron chi connectivity index (χ4n) is 3.51. The third-order valence-electron chi connectivity index (χ3n) is 4.87. The molecule has 2 aliphatic heterocycles. The molecular weight excluding hydrogens is 415 g/mol. The van der Waals surface area contributed by atoms with Crippen molar-refractivity contribution >= 4 is 21.9 Å². The summed E-state index contributed by atoms with van der Waals surface area (Å²) in [5, 5.41) is 7.12. The molecule has 0 radical (unpaired) electrons. The van der Waals surface area contributed by atoms with Gasteiger partial charge in [-0.1, -0.05) is 6.07 Å². The molecule has 162 valence electrons. The summed E-state index contributed by atoms with van der Waals surface area (Å²) in [6, 6.07) is 3.71. The molecule has 3 heterocycles. The summed E-state index contributed by atoms with van der Waals surface area (Å²) < 4.78 is 57.8. The Morgan fingerprint density at radius 1 is 1.31 bits per heavy atom. The molecule has 0 aromatic carbocycles. The molecule has 1 N–H and O–H groups in total. The van der Waals surface area contributed by atoms with E-state index < -0.39 is 22.2 Å². The van der Waals surface area contributed by atoms with E-state index in [0.29, 0.717) is 25.9 Å². The van der Waals surface area contributed by atoms with Crippen molar-refractivity contribution in [3.8, 4) is 0 Å². The molecule has 0 bridgehead atoms. The Kier molecular flexibility index (Phi) is 7.22. The number of sulfonamides is 1. The van der Waals surface area contributed by atoms with Crippen molar-refractivity contribution in [2.45, 2.75) is 51.0 Å². The number of aliphatic carboxylic acids is 1. The molecule has 2 aliphatic rings. The highest BCUT2D eigenvalue weighted by Crippen LogP contribution is 2.34. The first-order valence-electron chi connectivity index (χ1n) is 8.95. The van der Waals surface area contributed by atoms with Crippen LogP contribution in [-0.2, 0) is 26.2 Å². The van der Waals surface area contributed by atoms with Crippen LogP contribution in [0.5, 0.6) is 0 Å². The summed E-state index contributed by atoms with van der Waals surface area (Å²) in [6.07, 6.45) is 0.140. The molecule has 0 saturated carbocycles. The number of pyridine rings is 1. The second-order valence-electron chi connectivity index (χ2n) is 6.66. The lowest BCUT2D eigenvalue weighted by atomic mass is 9.96. The molecule has 1 amide bonds. The van der Waals surface area contributed by atoms with Crippen LogP contribution in [0.3, 0.4) is 0 Å². The van der Waals surface area contributed by atoms with E-state index in [1.54, 1.807) is 23.6 Å². The minimum absolute atomic E-state index is 0.0113. The van der Waals surface area contributed by atoms with Gasteiger partial charge in [-0.25, -0.2) is 13.2 Å². The van der Waals surface area contributed by atoms with Gasteiger partial charge in [-0.15, -0.1) is 0 Å². The van der Waals surface area contributed by atoms with Crippen LogP contribution in [0.1, 0.15) is 31.7 Å². The largest absolute Gasteiger partial charge is 0.490 e. The lowest BCUT2D eigenvalue weighted by molar-refractivity contribution is -0.192. The number of amides is 1. The average Bonchev–Trinajstić information content (AvgIpc) is 3.10. The molecule has 29 heavy (non-hydrogen) atoms. The van der Waals surface area contributed by atoms with Crippen LogP contribution in [0, 0.1) is 0 Å². The molecule has 1 aromatic heterocycles. The summed E-state index contributed by atoms with van der Waals surface area (Å²) >= 11 is 0. The number of rotatable bonds is 4. The molecule has 0 aliphatic carbocycles. The van der Waals surface area contributed by atoms with Crippen LogP contribution in [-0.4, -0.2) is 70.1 Å². The van der Waals surface area contributed by atoms with Gasteiger partial charge in [0, 0.05) is 44.0 Å². The van der Waals surface area contributed by atoms with Crippen LogP contribution in [0.4, 0.5) is 13.2 Å². The Labute approximate surface area is 166 Å². The summed E-state index contributed by atoms with van der Waals surface area (Å²) in [6.45, 7) is 2.69. The summed E-state index contributed by atoms with van der Waals surface area (Å²) in [5.41, 5.74) is 0.980. The first-order chi connectivity index (χ1) is 13.5. The highest BCUT2D eigenvalue weighted by atomic mass is 32.2. The molecule has 2 fully saturated rings. The number of carbonyl (C=O) groups is 2. The van der Waals surface area contributed by atoms with Gasteiger partial charge in [-0.2, -0.15) is 17.5 Å². The first kappa shape index (κ1) is 23.1. The van der Waals surface area contributed by atoms with Crippen molar-refractivity contribution in [3.63, 3.8) is 0 Å². The molecule has 0 spiro atoms. The number of hydrogen-bond donors (Lipinski definition) is 1. The number of piperidine rings is 1. The minimum atomic E-state index is -5.08. The Hall–Kier alpha value is -2.21. The van der Waals surface area contributed by atoms with Gasteiger partial charge < -0.3 is 10.0 Å². The Morgan fingerprint density at radius 2 is 1.97 bits per heavy atom. The van der Waals surface area contributed by atoms with E-state index in [4.69, 9.17) is 9.90 Å². The van der Waals surface area contributed by atoms with Crippen molar-refractivity contribution in [1.29, 1.82) is 0 Å². The average molecular weight is 437 g/mol. The standard InChI is InChI=1S/C15H21N3O3S.C2HF3O2/c1-2-22(20,21)18-9-7-13-14(18)5-6-15(19)17(13)11-12-4-3-8-16-10-12;3-2(4,5)1(6)7/h3-4,8,10,13-14H,2,5-7,9,11H2,1H3;(H,6,7)/t13-,14-;/m0./s1. The highest BCUT2D eigenvalue weighted by Gasteiger charge is 2.46. The molecule has 8 nitrogen and oxygen atoms in total. The molecule has 12 heteroatoms. The third kappa shape index (κ3) is 5.66. The Balaban J connectivity index is 0.000000370. The highest BCUT2D eigenvalue weighted by molar-refractivity contribution is 7.89. The predicted molar refractivity (Wildman–Crippen MR) is 96.1 cm³/mol. The zero-order chi connectivity index (χ0) is 21.8. The van der Waals surface area contributed by atoms with Crippen LogP contribution >= 0.6 is 0 Å². The number of fused-ring (bicyclic) bond motifs is 1.